The Morgan fingerprint density at radius 2 is 2.06 bits per heavy atom. The first kappa shape index (κ1) is 12.6. The molecule has 2 aromatic rings. The largest absolute Gasteiger partial charge is 0.464 e. The van der Waals surface area contributed by atoms with Gasteiger partial charge in [0.25, 0.3) is 5.91 Å². The van der Waals surface area contributed by atoms with Crippen LogP contribution in [0.5, 0.6) is 0 Å². The summed E-state index contributed by atoms with van der Waals surface area (Å²) in [5, 5.41) is 10.7. The predicted octanol–water partition coefficient (Wildman–Crippen LogP) is 2.16. The van der Waals surface area contributed by atoms with Gasteiger partial charge in [-0.25, -0.2) is 0 Å². The van der Waals surface area contributed by atoms with Gasteiger partial charge in [-0.05, 0) is 19.9 Å². The third kappa shape index (κ3) is 2.38. The van der Waals surface area contributed by atoms with Crippen molar-refractivity contribution in [2.24, 2.45) is 0 Å². The Hall–Kier alpha value is -1.81. The molecule has 0 spiro atoms. The summed E-state index contributed by atoms with van der Waals surface area (Å²) >= 11 is 0. The van der Waals surface area contributed by atoms with Crippen LogP contribution in [0.4, 0.5) is 0 Å². The first-order valence-electron chi connectivity index (χ1n) is 5.82. The van der Waals surface area contributed by atoms with E-state index in [1.165, 1.54) is 18.7 Å². The van der Waals surface area contributed by atoms with Crippen LogP contribution in [0, 0.1) is 0 Å². The number of para-hydroxylation sites is 1. The van der Waals surface area contributed by atoms with E-state index in [1.54, 1.807) is 13.3 Å². The van der Waals surface area contributed by atoms with Crippen LogP contribution < -0.4 is 0 Å². The molecule has 1 aromatic heterocycles. The van der Waals surface area contributed by atoms with Crippen LogP contribution in [0.2, 0.25) is 0 Å². The Morgan fingerprint density at radius 1 is 1.39 bits per heavy atom. The number of amides is 1. The topological polar surface area (TPSA) is 53.7 Å². The molecule has 18 heavy (non-hydrogen) atoms. The number of aliphatic hydroxyl groups is 1. The lowest BCUT2D eigenvalue weighted by Gasteiger charge is -2.24. The van der Waals surface area contributed by atoms with Gasteiger partial charge in [0.2, 0.25) is 0 Å². The molecule has 0 fully saturated rings. The number of rotatable bonds is 3. The average molecular weight is 247 g/mol. The molecule has 0 atom stereocenters. The lowest BCUT2D eigenvalue weighted by atomic mass is 10.1. The maximum Gasteiger partial charge on any atom is 0.253 e. The van der Waals surface area contributed by atoms with Crippen molar-refractivity contribution in [2.75, 3.05) is 7.05 Å². The van der Waals surface area contributed by atoms with Crippen molar-refractivity contribution >= 4 is 16.9 Å². The Labute approximate surface area is 106 Å². The van der Waals surface area contributed by atoms with Crippen molar-refractivity contribution in [3.8, 4) is 0 Å². The molecule has 2 rings (SSSR count). The molecule has 0 radical (unpaired) electrons. The molecule has 1 heterocycles. The minimum Gasteiger partial charge on any atom is -0.464 e. The minimum atomic E-state index is -1.35. The molecule has 1 aromatic carbocycles. The zero-order valence-corrected chi connectivity index (χ0v) is 10.8. The van der Waals surface area contributed by atoms with Gasteiger partial charge in [-0.2, -0.15) is 0 Å². The molecular weight excluding hydrogens is 230 g/mol. The Bertz CT molecular complexity index is 566. The smallest absolute Gasteiger partial charge is 0.253 e. The van der Waals surface area contributed by atoms with Crippen molar-refractivity contribution < 1.29 is 14.3 Å². The fraction of sp³-hybridized carbons (Fsp3) is 0.357. The van der Waals surface area contributed by atoms with Crippen LogP contribution in [0.25, 0.3) is 11.0 Å². The van der Waals surface area contributed by atoms with Gasteiger partial charge in [-0.3, -0.25) is 4.79 Å². The molecular formula is C14H17NO3. The molecule has 0 unspecified atom stereocenters. The fourth-order valence-electron chi connectivity index (χ4n) is 1.95. The number of fused-ring (bicyclic) bond motifs is 1. The molecule has 0 saturated heterocycles. The molecule has 0 saturated carbocycles. The van der Waals surface area contributed by atoms with Crippen LogP contribution in [-0.2, 0) is 11.3 Å². The van der Waals surface area contributed by atoms with Crippen LogP contribution >= 0.6 is 0 Å². The number of hydrogen-bond acceptors (Lipinski definition) is 3. The second-order valence-electron chi connectivity index (χ2n) is 4.98. The molecule has 0 aliphatic rings. The van der Waals surface area contributed by atoms with Crippen LogP contribution in [-0.4, -0.2) is 28.6 Å². The highest BCUT2D eigenvalue weighted by atomic mass is 16.3. The number of furan rings is 1. The van der Waals surface area contributed by atoms with Gasteiger partial charge in [0.05, 0.1) is 6.26 Å². The molecule has 1 amide bonds. The first-order valence-corrected chi connectivity index (χ1v) is 5.82. The summed E-state index contributed by atoms with van der Waals surface area (Å²) in [7, 11) is 1.67. The molecule has 1 N–H and O–H groups in total. The SMILES string of the molecule is CN(Cc1coc2ccccc12)C(=O)C(C)(C)O. The summed E-state index contributed by atoms with van der Waals surface area (Å²) in [5.41, 5.74) is 0.385. The molecule has 0 bridgehead atoms. The summed E-state index contributed by atoms with van der Waals surface area (Å²) in [6.07, 6.45) is 1.65. The number of carbonyl (C=O) groups is 1. The summed E-state index contributed by atoms with van der Waals surface area (Å²) in [5.74, 6) is -0.312. The third-order valence-corrected chi connectivity index (χ3v) is 2.84. The van der Waals surface area contributed by atoms with Gasteiger partial charge in [0.15, 0.2) is 0 Å². The van der Waals surface area contributed by atoms with Crippen LogP contribution in [0.15, 0.2) is 34.9 Å². The highest BCUT2D eigenvalue weighted by Crippen LogP contribution is 2.22. The van der Waals surface area contributed by atoms with Crippen molar-refractivity contribution in [3.05, 3.63) is 36.1 Å². The maximum absolute atomic E-state index is 11.9. The summed E-state index contributed by atoms with van der Waals surface area (Å²) in [6, 6.07) is 7.67. The number of carbonyl (C=O) groups excluding carboxylic acids is 1. The first-order chi connectivity index (χ1) is 8.39. The second kappa shape index (κ2) is 4.46. The van der Waals surface area contributed by atoms with E-state index >= 15 is 0 Å². The second-order valence-corrected chi connectivity index (χ2v) is 4.98. The zero-order valence-electron chi connectivity index (χ0n) is 10.8. The Morgan fingerprint density at radius 3 is 2.72 bits per heavy atom. The number of nitrogens with zero attached hydrogens (tertiary/aromatic N) is 1. The monoisotopic (exact) mass is 247 g/mol. The lowest BCUT2D eigenvalue weighted by molar-refractivity contribution is -0.146. The van der Waals surface area contributed by atoms with E-state index in [9.17, 15) is 9.90 Å². The van der Waals surface area contributed by atoms with Gasteiger partial charge < -0.3 is 14.4 Å². The molecule has 96 valence electrons. The number of likely N-dealkylation sites (N-methyl/N-ethyl adjacent to an activating group) is 1. The van der Waals surface area contributed by atoms with Crippen molar-refractivity contribution in [1.29, 1.82) is 0 Å². The molecule has 4 nitrogen and oxygen atoms in total. The third-order valence-electron chi connectivity index (χ3n) is 2.84. The van der Waals surface area contributed by atoms with Crippen molar-refractivity contribution in [3.63, 3.8) is 0 Å². The standard InChI is InChI=1S/C14H17NO3/c1-14(2,17)13(16)15(3)8-10-9-18-12-7-5-4-6-11(10)12/h4-7,9,17H,8H2,1-3H3. The van der Waals surface area contributed by atoms with Crippen molar-refractivity contribution in [2.45, 2.75) is 26.0 Å². The summed E-state index contributed by atoms with van der Waals surface area (Å²) in [4.78, 5) is 13.4. The highest BCUT2D eigenvalue weighted by molar-refractivity contribution is 5.85. The predicted molar refractivity (Wildman–Crippen MR) is 69.0 cm³/mol. The van der Waals surface area contributed by atoms with Gasteiger partial charge in [0, 0.05) is 24.5 Å². The van der Waals surface area contributed by atoms with E-state index in [-0.39, 0.29) is 5.91 Å². The summed E-state index contributed by atoms with van der Waals surface area (Å²) in [6.45, 7) is 3.39. The van der Waals surface area contributed by atoms with Crippen LogP contribution in [0.3, 0.4) is 0 Å². The normalized spacial score (nSPS) is 11.8. The van der Waals surface area contributed by atoms with Gasteiger partial charge in [-0.1, -0.05) is 18.2 Å². The van der Waals surface area contributed by atoms with E-state index in [4.69, 9.17) is 4.42 Å². The van der Waals surface area contributed by atoms with Gasteiger partial charge in [0.1, 0.15) is 11.2 Å². The quantitative estimate of drug-likeness (QED) is 0.904. The molecule has 0 aliphatic heterocycles. The lowest BCUT2D eigenvalue weighted by Crippen LogP contribution is -2.42. The van der Waals surface area contributed by atoms with Crippen molar-refractivity contribution in [1.82, 2.24) is 4.90 Å². The number of benzene rings is 1. The zero-order chi connectivity index (χ0) is 13.3. The summed E-state index contributed by atoms with van der Waals surface area (Å²) < 4.78 is 5.41. The van der Waals surface area contributed by atoms with Crippen LogP contribution in [0.1, 0.15) is 19.4 Å². The van der Waals surface area contributed by atoms with E-state index in [2.05, 4.69) is 0 Å². The van der Waals surface area contributed by atoms with E-state index in [1.807, 2.05) is 24.3 Å². The van der Waals surface area contributed by atoms with E-state index < -0.39 is 5.60 Å². The highest BCUT2D eigenvalue weighted by Gasteiger charge is 2.27. The minimum absolute atomic E-state index is 0.312. The molecule has 4 heteroatoms. The number of hydrogen-bond donors (Lipinski definition) is 1. The Balaban J connectivity index is 2.22. The average Bonchev–Trinajstić information content (AvgIpc) is 2.70. The van der Waals surface area contributed by atoms with Gasteiger partial charge >= 0.3 is 0 Å². The van der Waals surface area contributed by atoms with E-state index in [0.29, 0.717) is 6.54 Å². The maximum atomic E-state index is 11.9. The molecule has 0 aliphatic carbocycles. The van der Waals surface area contributed by atoms with Gasteiger partial charge in [-0.15, -0.1) is 0 Å². The van der Waals surface area contributed by atoms with E-state index in [0.717, 1.165) is 16.5 Å². The Kier molecular flexibility index (Phi) is 3.13. The fourth-order valence-corrected chi connectivity index (χ4v) is 1.95.